The minimum absolute atomic E-state index is 0.0275. The average molecular weight is 437 g/mol. The van der Waals surface area contributed by atoms with Crippen LogP contribution in [0.1, 0.15) is 46.0 Å². The topological polar surface area (TPSA) is 59.1 Å². The quantitative estimate of drug-likeness (QED) is 0.652. The van der Waals surface area contributed by atoms with Gasteiger partial charge in [-0.2, -0.15) is 0 Å². The van der Waals surface area contributed by atoms with Crippen molar-refractivity contribution in [3.05, 3.63) is 32.6 Å². The van der Waals surface area contributed by atoms with Crippen LogP contribution in [-0.4, -0.2) is 61.5 Å². The maximum absolute atomic E-state index is 13.0. The second-order valence-corrected chi connectivity index (χ2v) is 9.33. The zero-order valence-electron chi connectivity index (χ0n) is 17.3. The van der Waals surface area contributed by atoms with Crippen LogP contribution in [0.25, 0.3) is 0 Å². The fraction of sp³-hybridized carbons (Fsp3) is 0.524. The molecule has 1 fully saturated rings. The van der Waals surface area contributed by atoms with Gasteiger partial charge in [0, 0.05) is 48.6 Å². The van der Waals surface area contributed by atoms with Gasteiger partial charge in [0.15, 0.2) is 0 Å². The van der Waals surface area contributed by atoms with Gasteiger partial charge in [-0.1, -0.05) is 0 Å². The molecule has 1 aliphatic rings. The van der Waals surface area contributed by atoms with Crippen molar-refractivity contribution in [1.82, 2.24) is 9.80 Å². The van der Waals surface area contributed by atoms with Gasteiger partial charge >= 0.3 is 0 Å². The number of thiophene rings is 2. The Morgan fingerprint density at radius 1 is 1.14 bits per heavy atom. The van der Waals surface area contributed by atoms with Crippen molar-refractivity contribution in [3.63, 3.8) is 0 Å². The Morgan fingerprint density at radius 3 is 2.34 bits per heavy atom. The lowest BCUT2D eigenvalue weighted by molar-refractivity contribution is 0.0560. The minimum atomic E-state index is 0.0275. The predicted molar refractivity (Wildman–Crippen MR) is 117 cm³/mol. The zero-order chi connectivity index (χ0) is 21.0. The molecule has 0 unspecified atom stereocenters. The number of amides is 2. The van der Waals surface area contributed by atoms with Gasteiger partial charge in [0.05, 0.1) is 24.0 Å². The van der Waals surface area contributed by atoms with Gasteiger partial charge in [0.25, 0.3) is 11.8 Å². The van der Waals surface area contributed by atoms with Crippen molar-refractivity contribution >= 4 is 34.5 Å². The molecule has 0 aliphatic carbocycles. The van der Waals surface area contributed by atoms with E-state index in [0.29, 0.717) is 28.6 Å². The molecule has 0 spiro atoms. The van der Waals surface area contributed by atoms with Gasteiger partial charge in [0.2, 0.25) is 0 Å². The Hall–Kier alpha value is -2.06. The summed E-state index contributed by atoms with van der Waals surface area (Å²) in [6.07, 6.45) is 1.97. The van der Waals surface area contributed by atoms with Crippen LogP contribution in [0.4, 0.5) is 0 Å². The second kappa shape index (κ2) is 9.63. The molecular formula is C21H28N2O4S2. The van der Waals surface area contributed by atoms with E-state index in [4.69, 9.17) is 9.47 Å². The van der Waals surface area contributed by atoms with E-state index < -0.39 is 0 Å². The minimum Gasteiger partial charge on any atom is -0.496 e. The van der Waals surface area contributed by atoms with Crippen molar-refractivity contribution in [2.24, 2.45) is 5.92 Å². The number of carbonyl (C=O) groups excluding carboxylic acids is 2. The maximum Gasteiger partial charge on any atom is 0.264 e. The fourth-order valence-electron chi connectivity index (χ4n) is 3.58. The van der Waals surface area contributed by atoms with Crippen molar-refractivity contribution < 1.29 is 19.1 Å². The van der Waals surface area contributed by atoms with Crippen LogP contribution in [0.15, 0.2) is 22.9 Å². The number of piperidine rings is 1. The molecule has 0 saturated carbocycles. The van der Waals surface area contributed by atoms with Gasteiger partial charge in [-0.25, -0.2) is 0 Å². The van der Waals surface area contributed by atoms with Gasteiger partial charge in [0.1, 0.15) is 11.5 Å². The Labute approximate surface area is 180 Å². The monoisotopic (exact) mass is 436 g/mol. The summed E-state index contributed by atoms with van der Waals surface area (Å²) in [7, 11) is 3.21. The third kappa shape index (κ3) is 5.11. The van der Waals surface area contributed by atoms with E-state index in [1.165, 1.54) is 22.7 Å². The molecule has 158 valence electrons. The van der Waals surface area contributed by atoms with Crippen LogP contribution >= 0.6 is 22.7 Å². The van der Waals surface area contributed by atoms with Gasteiger partial charge in [-0.15, -0.1) is 22.7 Å². The normalized spacial score (nSPS) is 16.7. The van der Waals surface area contributed by atoms with E-state index in [9.17, 15) is 9.59 Å². The summed E-state index contributed by atoms with van der Waals surface area (Å²) in [5.74, 6) is 1.77. The first-order valence-corrected chi connectivity index (χ1v) is 11.5. The van der Waals surface area contributed by atoms with E-state index >= 15 is 0 Å². The third-order valence-corrected chi connectivity index (χ3v) is 6.98. The summed E-state index contributed by atoms with van der Waals surface area (Å²) in [4.78, 5) is 31.1. The lowest BCUT2D eigenvalue weighted by Gasteiger charge is -2.37. The average Bonchev–Trinajstić information content (AvgIpc) is 3.40. The van der Waals surface area contributed by atoms with Crippen LogP contribution in [0.5, 0.6) is 11.5 Å². The summed E-state index contributed by atoms with van der Waals surface area (Å²) in [5.41, 5.74) is 0. The summed E-state index contributed by atoms with van der Waals surface area (Å²) < 4.78 is 10.4. The molecule has 0 bridgehead atoms. The number of nitrogens with zero attached hydrogens (tertiary/aromatic N) is 2. The molecule has 1 saturated heterocycles. The molecule has 0 radical (unpaired) electrons. The van der Waals surface area contributed by atoms with Crippen LogP contribution in [0.2, 0.25) is 0 Å². The molecule has 29 heavy (non-hydrogen) atoms. The second-order valence-electron chi connectivity index (χ2n) is 7.51. The van der Waals surface area contributed by atoms with Crippen LogP contribution in [0.3, 0.4) is 0 Å². The first-order chi connectivity index (χ1) is 13.9. The van der Waals surface area contributed by atoms with E-state index in [-0.39, 0.29) is 23.8 Å². The SMILES string of the molecule is COc1csc(C(=O)N2CCC[C@@H](CN(C(=O)c3cc(OC)cs3)C(C)C)C2)c1. The molecule has 0 aromatic carbocycles. The van der Waals surface area contributed by atoms with Crippen LogP contribution < -0.4 is 9.47 Å². The van der Waals surface area contributed by atoms with E-state index in [1.807, 2.05) is 34.4 Å². The van der Waals surface area contributed by atoms with E-state index in [2.05, 4.69) is 0 Å². The Morgan fingerprint density at radius 2 is 1.76 bits per heavy atom. The molecule has 1 atom stereocenters. The van der Waals surface area contributed by atoms with Crippen molar-refractivity contribution in [2.75, 3.05) is 33.9 Å². The maximum atomic E-state index is 13.0. The summed E-state index contributed by atoms with van der Waals surface area (Å²) in [6.45, 7) is 6.14. The third-order valence-electron chi connectivity index (χ3n) is 5.19. The van der Waals surface area contributed by atoms with Crippen LogP contribution in [0, 0.1) is 5.92 Å². The van der Waals surface area contributed by atoms with E-state index in [1.54, 1.807) is 26.4 Å². The first kappa shape index (κ1) is 21.6. The molecule has 2 aromatic rings. The number of methoxy groups -OCH3 is 2. The number of rotatable bonds is 7. The smallest absolute Gasteiger partial charge is 0.264 e. The standard InChI is InChI=1S/C21H28N2O4S2/c1-14(2)23(21(25)19-9-17(27-4)13-29-19)11-15-6-5-7-22(10-15)20(24)18-8-16(26-3)12-28-18/h8-9,12-15H,5-7,10-11H2,1-4H3/t15-/m1/s1. The Kier molecular flexibility index (Phi) is 7.18. The van der Waals surface area contributed by atoms with Crippen molar-refractivity contribution in [2.45, 2.75) is 32.7 Å². The van der Waals surface area contributed by atoms with Gasteiger partial charge in [-0.05, 0) is 32.6 Å². The highest BCUT2D eigenvalue weighted by atomic mass is 32.1. The van der Waals surface area contributed by atoms with Crippen LogP contribution in [-0.2, 0) is 0 Å². The molecule has 6 nitrogen and oxygen atoms in total. The number of carbonyl (C=O) groups is 2. The zero-order valence-corrected chi connectivity index (χ0v) is 19.0. The fourth-order valence-corrected chi connectivity index (χ4v) is 5.21. The summed E-state index contributed by atoms with van der Waals surface area (Å²) in [5, 5.41) is 3.70. The Balaban J connectivity index is 1.66. The van der Waals surface area contributed by atoms with E-state index in [0.717, 1.165) is 25.1 Å². The highest BCUT2D eigenvalue weighted by Crippen LogP contribution is 2.27. The lowest BCUT2D eigenvalue weighted by Crippen LogP contribution is -2.46. The molecule has 3 heterocycles. The molecule has 8 heteroatoms. The largest absolute Gasteiger partial charge is 0.496 e. The number of hydrogen-bond donors (Lipinski definition) is 0. The molecule has 2 amide bonds. The summed E-state index contributed by atoms with van der Waals surface area (Å²) >= 11 is 2.82. The molecular weight excluding hydrogens is 408 g/mol. The molecule has 2 aromatic heterocycles. The Bertz CT molecular complexity index is 845. The van der Waals surface area contributed by atoms with Gasteiger partial charge in [-0.3, -0.25) is 9.59 Å². The molecule has 1 aliphatic heterocycles. The van der Waals surface area contributed by atoms with Crippen molar-refractivity contribution in [3.8, 4) is 11.5 Å². The number of likely N-dealkylation sites (tertiary alicyclic amines) is 1. The predicted octanol–water partition coefficient (Wildman–Crippen LogP) is 4.23. The number of hydrogen-bond acceptors (Lipinski definition) is 6. The summed E-state index contributed by atoms with van der Waals surface area (Å²) in [6, 6.07) is 3.68. The molecule has 0 N–H and O–H groups in total. The highest BCUT2D eigenvalue weighted by molar-refractivity contribution is 7.12. The van der Waals surface area contributed by atoms with Crippen molar-refractivity contribution in [1.29, 1.82) is 0 Å². The number of ether oxygens (including phenoxy) is 2. The van der Waals surface area contributed by atoms with Gasteiger partial charge < -0.3 is 19.3 Å². The highest BCUT2D eigenvalue weighted by Gasteiger charge is 2.29. The lowest BCUT2D eigenvalue weighted by atomic mass is 9.96. The molecule has 3 rings (SSSR count). The first-order valence-electron chi connectivity index (χ1n) is 9.78.